The van der Waals surface area contributed by atoms with Crippen LogP contribution in [0.3, 0.4) is 0 Å². The fraction of sp³-hybridized carbons (Fsp3) is 0.875. The molecule has 0 radical (unpaired) electrons. The summed E-state index contributed by atoms with van der Waals surface area (Å²) in [4.78, 5) is 6.24. The second-order valence-electron chi connectivity index (χ2n) is 2.67. The SMILES string of the molecule is CCN(CC)CCNC(=NC)NN. The minimum atomic E-state index is 0.632. The van der Waals surface area contributed by atoms with Gasteiger partial charge in [-0.3, -0.25) is 10.4 Å². The van der Waals surface area contributed by atoms with Crippen LogP contribution in [-0.2, 0) is 0 Å². The second-order valence-corrected chi connectivity index (χ2v) is 2.67. The molecule has 0 fully saturated rings. The molecule has 0 bridgehead atoms. The molecule has 0 saturated heterocycles. The molecule has 0 heterocycles. The van der Waals surface area contributed by atoms with Crippen molar-refractivity contribution in [2.24, 2.45) is 10.8 Å². The fourth-order valence-electron chi connectivity index (χ4n) is 1.07. The normalized spacial score (nSPS) is 11.9. The van der Waals surface area contributed by atoms with Gasteiger partial charge in [0.1, 0.15) is 0 Å². The summed E-state index contributed by atoms with van der Waals surface area (Å²) in [6, 6.07) is 0. The molecule has 0 rings (SSSR count). The maximum atomic E-state index is 5.21. The summed E-state index contributed by atoms with van der Waals surface area (Å²) >= 11 is 0. The van der Waals surface area contributed by atoms with Crippen molar-refractivity contribution in [3.8, 4) is 0 Å². The average Bonchev–Trinajstić information content (AvgIpc) is 2.19. The average molecular weight is 187 g/mol. The lowest BCUT2D eigenvalue weighted by atomic mass is 10.4. The van der Waals surface area contributed by atoms with Crippen LogP contribution in [0.15, 0.2) is 4.99 Å². The highest BCUT2D eigenvalue weighted by Crippen LogP contribution is 1.83. The highest BCUT2D eigenvalue weighted by molar-refractivity contribution is 5.78. The minimum absolute atomic E-state index is 0.632. The van der Waals surface area contributed by atoms with E-state index in [1.54, 1.807) is 7.05 Å². The van der Waals surface area contributed by atoms with Crippen LogP contribution in [0.4, 0.5) is 0 Å². The van der Waals surface area contributed by atoms with Gasteiger partial charge in [0, 0.05) is 20.1 Å². The molecule has 0 amide bonds. The number of rotatable bonds is 5. The maximum Gasteiger partial charge on any atom is 0.205 e. The molecule has 0 spiro atoms. The van der Waals surface area contributed by atoms with Crippen LogP contribution in [0.5, 0.6) is 0 Å². The van der Waals surface area contributed by atoms with Crippen LogP contribution in [0, 0.1) is 0 Å². The number of likely N-dealkylation sites (N-methyl/N-ethyl adjacent to an activating group) is 1. The number of nitrogens with one attached hydrogen (secondary N) is 2. The number of hydrazine groups is 1. The van der Waals surface area contributed by atoms with Crippen molar-refractivity contribution in [3.63, 3.8) is 0 Å². The Balaban J connectivity index is 3.53. The zero-order valence-corrected chi connectivity index (χ0v) is 8.80. The van der Waals surface area contributed by atoms with Gasteiger partial charge in [-0.2, -0.15) is 0 Å². The molecule has 0 unspecified atom stereocenters. The lowest BCUT2D eigenvalue weighted by molar-refractivity contribution is 0.308. The Morgan fingerprint density at radius 3 is 2.38 bits per heavy atom. The summed E-state index contributed by atoms with van der Waals surface area (Å²) in [5, 5.41) is 3.09. The summed E-state index contributed by atoms with van der Waals surface area (Å²) in [5.41, 5.74) is 2.48. The smallest absolute Gasteiger partial charge is 0.205 e. The quantitative estimate of drug-likeness (QED) is 0.232. The predicted octanol–water partition coefficient (Wildman–Crippen LogP) is -0.633. The number of aliphatic imine (C=N–C) groups is 1. The third-order valence-corrected chi connectivity index (χ3v) is 1.98. The summed E-state index contributed by atoms with van der Waals surface area (Å²) in [6.45, 7) is 8.32. The van der Waals surface area contributed by atoms with E-state index in [1.165, 1.54) is 0 Å². The van der Waals surface area contributed by atoms with E-state index in [0.29, 0.717) is 5.96 Å². The van der Waals surface area contributed by atoms with Crippen LogP contribution in [0.25, 0.3) is 0 Å². The predicted molar refractivity (Wildman–Crippen MR) is 56.5 cm³/mol. The van der Waals surface area contributed by atoms with Gasteiger partial charge in [0.25, 0.3) is 0 Å². The zero-order chi connectivity index (χ0) is 10.1. The van der Waals surface area contributed by atoms with Crippen LogP contribution in [0.1, 0.15) is 13.8 Å². The van der Waals surface area contributed by atoms with Gasteiger partial charge in [-0.15, -0.1) is 0 Å². The van der Waals surface area contributed by atoms with Crippen molar-refractivity contribution in [2.45, 2.75) is 13.8 Å². The first-order chi connectivity index (χ1) is 6.28. The van der Waals surface area contributed by atoms with Crippen LogP contribution >= 0.6 is 0 Å². The summed E-state index contributed by atoms with van der Waals surface area (Å²) in [5.74, 6) is 5.84. The molecular weight excluding hydrogens is 166 g/mol. The van der Waals surface area contributed by atoms with Crippen molar-refractivity contribution in [1.29, 1.82) is 0 Å². The number of hydrogen-bond acceptors (Lipinski definition) is 3. The van der Waals surface area contributed by atoms with Gasteiger partial charge in [0.15, 0.2) is 0 Å². The monoisotopic (exact) mass is 187 g/mol. The Kier molecular flexibility index (Phi) is 7.33. The molecule has 0 aromatic rings. The van der Waals surface area contributed by atoms with E-state index >= 15 is 0 Å². The van der Waals surface area contributed by atoms with E-state index in [2.05, 4.69) is 34.5 Å². The zero-order valence-electron chi connectivity index (χ0n) is 8.80. The van der Waals surface area contributed by atoms with Gasteiger partial charge in [-0.05, 0) is 13.1 Å². The number of guanidine groups is 1. The number of nitrogens with zero attached hydrogens (tertiary/aromatic N) is 2. The lowest BCUT2D eigenvalue weighted by Gasteiger charge is -2.18. The van der Waals surface area contributed by atoms with Gasteiger partial charge < -0.3 is 10.2 Å². The standard InChI is InChI=1S/C8H21N5/c1-4-13(5-2)7-6-11-8(10-3)12-9/h4-7,9H2,1-3H3,(H2,10,11,12). The van der Waals surface area contributed by atoms with Crippen molar-refractivity contribution in [3.05, 3.63) is 0 Å². The van der Waals surface area contributed by atoms with Gasteiger partial charge in [-0.1, -0.05) is 13.8 Å². The van der Waals surface area contributed by atoms with Crippen LogP contribution < -0.4 is 16.6 Å². The fourth-order valence-corrected chi connectivity index (χ4v) is 1.07. The molecule has 5 nitrogen and oxygen atoms in total. The molecule has 0 aliphatic carbocycles. The van der Waals surface area contributed by atoms with E-state index in [0.717, 1.165) is 26.2 Å². The van der Waals surface area contributed by atoms with Crippen LogP contribution in [0.2, 0.25) is 0 Å². The third-order valence-electron chi connectivity index (χ3n) is 1.98. The molecule has 0 saturated carbocycles. The Bertz CT molecular complexity index is 141. The lowest BCUT2D eigenvalue weighted by Crippen LogP contribution is -2.44. The summed E-state index contributed by atoms with van der Waals surface area (Å²) in [7, 11) is 1.69. The molecule has 0 aromatic heterocycles. The molecule has 0 atom stereocenters. The molecule has 13 heavy (non-hydrogen) atoms. The molecule has 0 aliphatic rings. The highest BCUT2D eigenvalue weighted by Gasteiger charge is 1.98. The molecule has 0 aromatic carbocycles. The molecular formula is C8H21N5. The number of hydrogen-bond donors (Lipinski definition) is 3. The third kappa shape index (κ3) is 5.43. The van der Waals surface area contributed by atoms with Crippen molar-refractivity contribution in [2.75, 3.05) is 33.2 Å². The summed E-state index contributed by atoms with van der Waals surface area (Å²) in [6.07, 6.45) is 0. The largest absolute Gasteiger partial charge is 0.354 e. The number of nitrogens with two attached hydrogens (primary N) is 1. The topological polar surface area (TPSA) is 65.7 Å². The molecule has 78 valence electrons. The van der Waals surface area contributed by atoms with Gasteiger partial charge in [0.05, 0.1) is 0 Å². The molecule has 5 heteroatoms. The first-order valence-electron chi connectivity index (χ1n) is 4.68. The van der Waals surface area contributed by atoms with Gasteiger partial charge in [-0.25, -0.2) is 5.84 Å². The second kappa shape index (κ2) is 7.82. The van der Waals surface area contributed by atoms with E-state index in [9.17, 15) is 0 Å². The first kappa shape index (κ1) is 12.2. The molecule has 0 aliphatic heterocycles. The summed E-state index contributed by atoms with van der Waals surface area (Å²) < 4.78 is 0. The van der Waals surface area contributed by atoms with Crippen molar-refractivity contribution >= 4 is 5.96 Å². The minimum Gasteiger partial charge on any atom is -0.354 e. The first-order valence-corrected chi connectivity index (χ1v) is 4.68. The molecule has 4 N–H and O–H groups in total. The Morgan fingerprint density at radius 1 is 1.38 bits per heavy atom. The van der Waals surface area contributed by atoms with E-state index in [1.807, 2.05) is 0 Å². The Labute approximate surface area is 80.4 Å². The van der Waals surface area contributed by atoms with Crippen molar-refractivity contribution in [1.82, 2.24) is 15.6 Å². The maximum absolute atomic E-state index is 5.21. The van der Waals surface area contributed by atoms with E-state index < -0.39 is 0 Å². The highest BCUT2D eigenvalue weighted by atomic mass is 15.3. The van der Waals surface area contributed by atoms with E-state index in [4.69, 9.17) is 5.84 Å². The van der Waals surface area contributed by atoms with E-state index in [-0.39, 0.29) is 0 Å². The van der Waals surface area contributed by atoms with Gasteiger partial charge in [0.2, 0.25) is 5.96 Å². The Morgan fingerprint density at radius 2 is 2.00 bits per heavy atom. The van der Waals surface area contributed by atoms with Crippen molar-refractivity contribution < 1.29 is 0 Å². The van der Waals surface area contributed by atoms with Gasteiger partial charge >= 0.3 is 0 Å². The Hall–Kier alpha value is -0.810. The van der Waals surface area contributed by atoms with Crippen LogP contribution in [-0.4, -0.2) is 44.1 Å².